The number of thioether (sulfide) groups is 1. The van der Waals surface area contributed by atoms with Gasteiger partial charge in [0.25, 0.3) is 0 Å². The topological polar surface area (TPSA) is 12.0 Å². The zero-order valence-electron chi connectivity index (χ0n) is 8.30. The number of nitrogens with one attached hydrogen (secondary N) is 1. The molecule has 1 saturated heterocycles. The maximum absolute atomic E-state index is 13.2. The first-order chi connectivity index (χ1) is 7.25. The molecule has 0 aliphatic carbocycles. The van der Waals surface area contributed by atoms with Crippen LogP contribution in [0, 0.1) is 11.6 Å². The van der Waals surface area contributed by atoms with Crippen LogP contribution in [-0.2, 0) is 0 Å². The number of benzene rings is 1. The van der Waals surface area contributed by atoms with Gasteiger partial charge >= 0.3 is 0 Å². The summed E-state index contributed by atoms with van der Waals surface area (Å²) in [6, 6.07) is 4.21. The number of rotatable bonds is 3. The van der Waals surface area contributed by atoms with Crippen molar-refractivity contribution in [2.45, 2.75) is 23.8 Å². The van der Waals surface area contributed by atoms with Crippen molar-refractivity contribution < 1.29 is 8.78 Å². The summed E-state index contributed by atoms with van der Waals surface area (Å²) in [5, 5.41) is 3.34. The van der Waals surface area contributed by atoms with Crippen LogP contribution >= 0.6 is 11.8 Å². The minimum atomic E-state index is -0.518. The molecule has 0 unspecified atom stereocenters. The zero-order valence-corrected chi connectivity index (χ0v) is 9.12. The zero-order chi connectivity index (χ0) is 10.7. The molecule has 15 heavy (non-hydrogen) atoms. The third kappa shape index (κ3) is 2.92. The predicted octanol–water partition coefficient (Wildman–Crippen LogP) is 2.81. The van der Waals surface area contributed by atoms with Gasteiger partial charge in [0.05, 0.1) is 0 Å². The van der Waals surface area contributed by atoms with Crippen LogP contribution in [-0.4, -0.2) is 18.3 Å². The molecular weight excluding hydrogens is 216 g/mol. The van der Waals surface area contributed by atoms with Crippen LogP contribution in [0.15, 0.2) is 23.1 Å². The Balaban J connectivity index is 1.92. The summed E-state index contributed by atoms with van der Waals surface area (Å²) >= 11 is 1.45. The fourth-order valence-corrected chi connectivity index (χ4v) is 2.71. The van der Waals surface area contributed by atoms with E-state index in [1.165, 1.54) is 30.3 Å². The summed E-state index contributed by atoms with van der Waals surface area (Å²) in [6.07, 6.45) is 2.34. The highest BCUT2D eigenvalue weighted by Gasteiger charge is 2.15. The van der Waals surface area contributed by atoms with E-state index in [9.17, 15) is 8.78 Å². The summed E-state index contributed by atoms with van der Waals surface area (Å²) < 4.78 is 25.9. The van der Waals surface area contributed by atoms with Crippen molar-refractivity contribution in [3.8, 4) is 0 Å². The van der Waals surface area contributed by atoms with Crippen molar-refractivity contribution >= 4 is 11.8 Å². The van der Waals surface area contributed by atoms with Gasteiger partial charge in [0.2, 0.25) is 0 Å². The molecule has 1 aliphatic rings. The lowest BCUT2D eigenvalue weighted by Crippen LogP contribution is -2.23. The Morgan fingerprint density at radius 3 is 2.93 bits per heavy atom. The predicted molar refractivity (Wildman–Crippen MR) is 58.1 cm³/mol. The minimum absolute atomic E-state index is 0.460. The molecule has 1 N–H and O–H groups in total. The molecule has 0 spiro atoms. The second kappa shape index (κ2) is 4.94. The highest BCUT2D eigenvalue weighted by molar-refractivity contribution is 7.99. The van der Waals surface area contributed by atoms with E-state index in [1.807, 2.05) is 0 Å². The van der Waals surface area contributed by atoms with E-state index < -0.39 is 11.6 Å². The maximum atomic E-state index is 13.2. The quantitative estimate of drug-likeness (QED) is 0.800. The molecule has 0 bridgehead atoms. The van der Waals surface area contributed by atoms with E-state index in [0.29, 0.717) is 10.9 Å². The van der Waals surface area contributed by atoms with E-state index >= 15 is 0 Å². The first kappa shape index (κ1) is 10.9. The van der Waals surface area contributed by atoms with Gasteiger partial charge in [0, 0.05) is 22.8 Å². The molecule has 2 rings (SSSR count). The summed E-state index contributed by atoms with van der Waals surface area (Å²) in [5.74, 6) is -0.128. The van der Waals surface area contributed by atoms with Crippen LogP contribution in [0.3, 0.4) is 0 Å². The highest BCUT2D eigenvalue weighted by Crippen LogP contribution is 2.24. The van der Waals surface area contributed by atoms with Gasteiger partial charge in [0.1, 0.15) is 11.6 Å². The van der Waals surface area contributed by atoms with Gasteiger partial charge in [-0.1, -0.05) is 0 Å². The summed E-state index contributed by atoms with van der Waals surface area (Å²) in [4.78, 5) is 0.533. The van der Waals surface area contributed by atoms with Crippen LogP contribution in [0.5, 0.6) is 0 Å². The van der Waals surface area contributed by atoms with Gasteiger partial charge in [-0.2, -0.15) is 0 Å². The smallest absolute Gasteiger partial charge is 0.139 e. The molecule has 4 heteroatoms. The molecule has 1 aliphatic heterocycles. The van der Waals surface area contributed by atoms with Crippen molar-refractivity contribution in [3.63, 3.8) is 0 Å². The molecule has 1 fully saturated rings. The van der Waals surface area contributed by atoms with Crippen LogP contribution in [0.4, 0.5) is 8.78 Å². The summed E-state index contributed by atoms with van der Waals surface area (Å²) in [7, 11) is 0. The van der Waals surface area contributed by atoms with Crippen molar-refractivity contribution in [2.24, 2.45) is 0 Å². The number of hydrogen-bond donors (Lipinski definition) is 1. The first-order valence-electron chi connectivity index (χ1n) is 5.07. The fraction of sp³-hybridized carbons (Fsp3) is 0.455. The van der Waals surface area contributed by atoms with Crippen LogP contribution in [0.1, 0.15) is 12.8 Å². The van der Waals surface area contributed by atoms with E-state index in [1.54, 1.807) is 0 Å². The second-order valence-electron chi connectivity index (χ2n) is 3.68. The third-order valence-corrected chi connectivity index (χ3v) is 3.71. The molecule has 1 aromatic rings. The molecule has 1 heterocycles. The minimum Gasteiger partial charge on any atom is -0.313 e. The average molecular weight is 229 g/mol. The van der Waals surface area contributed by atoms with Gasteiger partial charge in [-0.15, -0.1) is 11.8 Å². The van der Waals surface area contributed by atoms with Crippen molar-refractivity contribution in [1.82, 2.24) is 5.32 Å². The van der Waals surface area contributed by atoms with Gasteiger partial charge in [-0.3, -0.25) is 0 Å². The molecular formula is C11H13F2NS. The lowest BCUT2D eigenvalue weighted by Gasteiger charge is -2.09. The second-order valence-corrected chi connectivity index (χ2v) is 4.74. The highest BCUT2D eigenvalue weighted by atomic mass is 32.2. The van der Waals surface area contributed by atoms with Crippen LogP contribution in [0.25, 0.3) is 0 Å². The number of halogens is 2. The Labute approximate surface area is 92.3 Å². The molecule has 1 nitrogen and oxygen atoms in total. The monoisotopic (exact) mass is 229 g/mol. The SMILES string of the molecule is Fc1ccc(SC[C@H]2CCCN2)c(F)c1. The molecule has 0 aromatic heterocycles. The van der Waals surface area contributed by atoms with E-state index in [-0.39, 0.29) is 0 Å². The van der Waals surface area contributed by atoms with E-state index in [4.69, 9.17) is 0 Å². The fourth-order valence-electron chi connectivity index (χ4n) is 1.68. The largest absolute Gasteiger partial charge is 0.313 e. The van der Waals surface area contributed by atoms with Crippen LogP contribution in [0.2, 0.25) is 0 Å². The summed E-state index contributed by atoms with van der Waals surface area (Å²) in [6.45, 7) is 1.05. The molecule has 0 radical (unpaired) electrons. The van der Waals surface area contributed by atoms with E-state index in [2.05, 4.69) is 5.32 Å². The lowest BCUT2D eigenvalue weighted by molar-refractivity contribution is 0.565. The molecule has 1 atom stereocenters. The molecule has 1 aromatic carbocycles. The number of hydrogen-bond acceptors (Lipinski definition) is 2. The normalized spacial score (nSPS) is 20.8. The average Bonchev–Trinajstić information content (AvgIpc) is 2.69. The first-order valence-corrected chi connectivity index (χ1v) is 6.05. The van der Waals surface area contributed by atoms with Gasteiger partial charge < -0.3 is 5.32 Å². The maximum Gasteiger partial charge on any atom is 0.139 e. The standard InChI is InChI=1S/C11H13F2NS/c12-8-3-4-11(10(13)6-8)15-7-9-2-1-5-14-9/h3-4,6,9,14H,1-2,5,7H2/t9-/m1/s1. The summed E-state index contributed by atoms with van der Waals surface area (Å²) in [5.41, 5.74) is 0. The van der Waals surface area contributed by atoms with Gasteiger partial charge in [-0.05, 0) is 31.5 Å². The molecule has 0 amide bonds. The molecule has 82 valence electrons. The van der Waals surface area contributed by atoms with Gasteiger partial charge in [0.15, 0.2) is 0 Å². The third-order valence-electron chi connectivity index (χ3n) is 2.50. The Hall–Kier alpha value is -0.610. The van der Waals surface area contributed by atoms with Gasteiger partial charge in [-0.25, -0.2) is 8.78 Å². The Kier molecular flexibility index (Phi) is 3.59. The van der Waals surface area contributed by atoms with Crippen molar-refractivity contribution in [1.29, 1.82) is 0 Å². The Bertz CT molecular complexity index is 337. The Morgan fingerprint density at radius 2 is 2.27 bits per heavy atom. The van der Waals surface area contributed by atoms with E-state index in [0.717, 1.165) is 24.8 Å². The Morgan fingerprint density at radius 1 is 1.40 bits per heavy atom. The molecule has 0 saturated carbocycles. The lowest BCUT2D eigenvalue weighted by atomic mass is 10.3. The van der Waals surface area contributed by atoms with Crippen molar-refractivity contribution in [3.05, 3.63) is 29.8 Å². The van der Waals surface area contributed by atoms with Crippen LogP contribution < -0.4 is 5.32 Å². The van der Waals surface area contributed by atoms with Crippen molar-refractivity contribution in [2.75, 3.05) is 12.3 Å².